The zero-order chi connectivity index (χ0) is 11.6. The molecule has 0 aromatic carbocycles. The highest BCUT2D eigenvalue weighted by molar-refractivity contribution is 8.22. The number of hydrogen-bond donors (Lipinski definition) is 2. The molecule has 0 heterocycles. The van der Waals surface area contributed by atoms with E-state index in [1.165, 1.54) is 0 Å². The predicted molar refractivity (Wildman–Crippen MR) is 79.7 cm³/mol. The van der Waals surface area contributed by atoms with Gasteiger partial charge in [-0.1, -0.05) is 41.5 Å². The van der Waals surface area contributed by atoms with Crippen molar-refractivity contribution in [2.24, 2.45) is 0 Å². The Morgan fingerprint density at radius 3 is 1.07 bits per heavy atom. The van der Waals surface area contributed by atoms with Crippen LogP contribution in [0.25, 0.3) is 0 Å². The Bertz CT molecular complexity index is 193. The standard InChI is InChI=1S/C10H20S4/c1-9(2,3)13-7(11)8(12)14-10(4,5)6/h11-12H,1-6H3/b8-7-. The molecular weight excluding hydrogens is 248 g/mol. The molecule has 0 aliphatic rings. The number of rotatable bonds is 2. The smallest absolute Gasteiger partial charge is 0.0574 e. The number of hydrogen-bond acceptors (Lipinski definition) is 4. The van der Waals surface area contributed by atoms with Gasteiger partial charge < -0.3 is 0 Å². The van der Waals surface area contributed by atoms with Gasteiger partial charge in [0.15, 0.2) is 0 Å². The summed E-state index contributed by atoms with van der Waals surface area (Å²) in [6.07, 6.45) is 0. The highest BCUT2D eigenvalue weighted by Gasteiger charge is 2.18. The van der Waals surface area contributed by atoms with E-state index in [2.05, 4.69) is 66.8 Å². The first-order chi connectivity index (χ1) is 6.01. The molecule has 0 saturated carbocycles. The zero-order valence-corrected chi connectivity index (χ0v) is 13.1. The normalized spacial score (nSPS) is 15.4. The van der Waals surface area contributed by atoms with E-state index >= 15 is 0 Å². The highest BCUT2D eigenvalue weighted by atomic mass is 32.2. The van der Waals surface area contributed by atoms with Gasteiger partial charge in [0.2, 0.25) is 0 Å². The molecule has 0 fully saturated rings. The summed E-state index contributed by atoms with van der Waals surface area (Å²) < 4.78 is 2.43. The van der Waals surface area contributed by atoms with Gasteiger partial charge in [0.25, 0.3) is 0 Å². The average Bonchev–Trinajstić information content (AvgIpc) is 1.78. The van der Waals surface area contributed by atoms with Gasteiger partial charge in [0.1, 0.15) is 0 Å². The minimum absolute atomic E-state index is 0.198. The van der Waals surface area contributed by atoms with Gasteiger partial charge in [0, 0.05) is 9.49 Å². The van der Waals surface area contributed by atoms with Crippen LogP contribution in [-0.2, 0) is 0 Å². The second-order valence-electron chi connectivity index (χ2n) is 5.04. The van der Waals surface area contributed by atoms with Crippen LogP contribution in [0, 0.1) is 0 Å². The number of thiol groups is 2. The molecule has 0 unspecified atom stereocenters. The molecule has 0 nitrogen and oxygen atoms in total. The molecule has 0 saturated heterocycles. The molecule has 0 amide bonds. The van der Waals surface area contributed by atoms with Crippen LogP contribution in [0.4, 0.5) is 0 Å². The number of thioether (sulfide) groups is 2. The fourth-order valence-electron chi connectivity index (χ4n) is 0.667. The third-order valence-corrected chi connectivity index (χ3v) is 4.61. The van der Waals surface area contributed by atoms with Crippen molar-refractivity contribution in [1.82, 2.24) is 0 Å². The Hall–Kier alpha value is 1.14. The van der Waals surface area contributed by atoms with E-state index in [9.17, 15) is 0 Å². The van der Waals surface area contributed by atoms with E-state index in [1.54, 1.807) is 23.5 Å². The fraction of sp³-hybridized carbons (Fsp3) is 0.800. The van der Waals surface area contributed by atoms with E-state index in [0.29, 0.717) is 0 Å². The predicted octanol–water partition coefficient (Wildman–Crippen LogP) is 5.04. The molecule has 0 aromatic heterocycles. The third-order valence-electron chi connectivity index (χ3n) is 0.989. The van der Waals surface area contributed by atoms with Crippen molar-refractivity contribution in [2.75, 3.05) is 0 Å². The van der Waals surface area contributed by atoms with Crippen LogP contribution in [0.3, 0.4) is 0 Å². The molecule has 0 bridgehead atoms. The van der Waals surface area contributed by atoms with Crippen molar-refractivity contribution < 1.29 is 0 Å². The zero-order valence-electron chi connectivity index (χ0n) is 9.71. The van der Waals surface area contributed by atoms with Crippen molar-refractivity contribution in [3.8, 4) is 0 Å². The van der Waals surface area contributed by atoms with E-state index in [-0.39, 0.29) is 9.49 Å². The Morgan fingerprint density at radius 1 is 0.714 bits per heavy atom. The Kier molecular flexibility index (Phi) is 5.91. The summed E-state index contributed by atoms with van der Waals surface area (Å²) in [4.78, 5) is 0. The van der Waals surface area contributed by atoms with Gasteiger partial charge >= 0.3 is 0 Å². The molecule has 84 valence electrons. The summed E-state index contributed by atoms with van der Waals surface area (Å²) in [6.45, 7) is 13.1. The Morgan fingerprint density at radius 2 is 0.929 bits per heavy atom. The summed E-state index contributed by atoms with van der Waals surface area (Å²) in [5.41, 5.74) is 0. The monoisotopic (exact) mass is 268 g/mol. The minimum Gasteiger partial charge on any atom is -0.135 e. The molecule has 0 atom stereocenters. The molecule has 0 aromatic rings. The van der Waals surface area contributed by atoms with E-state index < -0.39 is 0 Å². The minimum atomic E-state index is 0.198. The highest BCUT2D eigenvalue weighted by Crippen LogP contribution is 2.43. The summed E-state index contributed by atoms with van der Waals surface area (Å²) in [5.74, 6) is 0. The topological polar surface area (TPSA) is 0 Å². The van der Waals surface area contributed by atoms with Crippen LogP contribution in [0.15, 0.2) is 8.47 Å². The first-order valence-corrected chi connectivity index (χ1v) is 7.04. The quantitative estimate of drug-likeness (QED) is 0.674. The summed E-state index contributed by atoms with van der Waals surface area (Å²) >= 11 is 12.5. The second-order valence-corrected chi connectivity index (χ2v) is 10.2. The van der Waals surface area contributed by atoms with Crippen molar-refractivity contribution in [3.63, 3.8) is 0 Å². The third kappa shape index (κ3) is 8.45. The molecule has 0 radical (unpaired) electrons. The van der Waals surface area contributed by atoms with Gasteiger partial charge in [-0.3, -0.25) is 0 Å². The van der Waals surface area contributed by atoms with Gasteiger partial charge in [-0.2, -0.15) is 0 Å². The first-order valence-electron chi connectivity index (χ1n) is 4.51. The van der Waals surface area contributed by atoms with Crippen LogP contribution in [0.5, 0.6) is 0 Å². The van der Waals surface area contributed by atoms with Crippen molar-refractivity contribution in [2.45, 2.75) is 51.0 Å². The molecule has 0 N–H and O–H groups in total. The van der Waals surface area contributed by atoms with Crippen molar-refractivity contribution in [1.29, 1.82) is 0 Å². The molecule has 0 spiro atoms. The lowest BCUT2D eigenvalue weighted by Gasteiger charge is -2.22. The van der Waals surface area contributed by atoms with Gasteiger partial charge in [-0.25, -0.2) is 0 Å². The lowest BCUT2D eigenvalue weighted by atomic mass is 10.3. The molecule has 0 rings (SSSR count). The van der Waals surface area contributed by atoms with Crippen LogP contribution in [0.1, 0.15) is 41.5 Å². The summed E-state index contributed by atoms with van der Waals surface area (Å²) in [6, 6.07) is 0. The lowest BCUT2D eigenvalue weighted by Crippen LogP contribution is -2.08. The van der Waals surface area contributed by atoms with Crippen LogP contribution >= 0.6 is 48.8 Å². The molecule has 0 aliphatic heterocycles. The van der Waals surface area contributed by atoms with E-state index in [0.717, 1.165) is 8.47 Å². The lowest BCUT2D eigenvalue weighted by molar-refractivity contribution is 0.805. The van der Waals surface area contributed by atoms with Crippen molar-refractivity contribution >= 4 is 48.8 Å². The first kappa shape index (κ1) is 15.1. The van der Waals surface area contributed by atoms with E-state index in [1.807, 2.05) is 0 Å². The summed E-state index contributed by atoms with van der Waals surface area (Å²) in [7, 11) is 0. The fourth-order valence-corrected chi connectivity index (χ4v) is 4.17. The average molecular weight is 269 g/mol. The molecule has 0 aliphatic carbocycles. The largest absolute Gasteiger partial charge is 0.135 e. The maximum absolute atomic E-state index is 4.48. The van der Waals surface area contributed by atoms with E-state index in [4.69, 9.17) is 0 Å². The molecular formula is C10H20S4. The Balaban J connectivity index is 4.45. The van der Waals surface area contributed by atoms with Gasteiger partial charge in [0.05, 0.1) is 8.47 Å². The molecule has 4 heteroatoms. The van der Waals surface area contributed by atoms with Gasteiger partial charge in [-0.15, -0.1) is 48.8 Å². The maximum Gasteiger partial charge on any atom is 0.0574 e. The van der Waals surface area contributed by atoms with Crippen LogP contribution < -0.4 is 0 Å². The Labute approximate surface area is 108 Å². The SMILES string of the molecule is CC(C)(C)S/C(S)=C(/S)SC(C)(C)C. The molecule has 14 heavy (non-hydrogen) atoms. The maximum atomic E-state index is 4.48. The van der Waals surface area contributed by atoms with Crippen molar-refractivity contribution in [3.05, 3.63) is 8.47 Å². The van der Waals surface area contributed by atoms with Crippen LogP contribution in [-0.4, -0.2) is 9.49 Å². The van der Waals surface area contributed by atoms with Crippen LogP contribution in [0.2, 0.25) is 0 Å². The van der Waals surface area contributed by atoms with Gasteiger partial charge in [-0.05, 0) is 0 Å². The summed E-state index contributed by atoms with van der Waals surface area (Å²) in [5, 5.41) is 0. The second kappa shape index (κ2) is 5.46.